The van der Waals surface area contributed by atoms with E-state index in [9.17, 15) is 9.59 Å². The molecule has 35 heavy (non-hydrogen) atoms. The van der Waals surface area contributed by atoms with Gasteiger partial charge >= 0.3 is 5.97 Å². The molecule has 2 aromatic carbocycles. The van der Waals surface area contributed by atoms with E-state index in [1.54, 1.807) is 6.08 Å². The summed E-state index contributed by atoms with van der Waals surface area (Å²) >= 11 is 0. The van der Waals surface area contributed by atoms with Gasteiger partial charge < -0.3 is 19.5 Å². The van der Waals surface area contributed by atoms with Crippen molar-refractivity contribution in [3.8, 4) is 0 Å². The molecular weight excluding hydrogens is 438 g/mol. The summed E-state index contributed by atoms with van der Waals surface area (Å²) in [7, 11) is 1.38. The third-order valence-corrected chi connectivity index (χ3v) is 7.23. The number of Topliss-reactive ketones (excluding diaryl/α,β-unsaturated/α-hetero) is 1. The van der Waals surface area contributed by atoms with Gasteiger partial charge in [-0.3, -0.25) is 4.79 Å². The smallest absolute Gasteiger partial charge is 0.330 e. The van der Waals surface area contributed by atoms with Crippen LogP contribution in [0.2, 0.25) is 0 Å². The van der Waals surface area contributed by atoms with Crippen molar-refractivity contribution in [2.75, 3.05) is 33.3 Å². The van der Waals surface area contributed by atoms with Crippen LogP contribution in [0.1, 0.15) is 41.3 Å². The molecule has 0 radical (unpaired) electrons. The van der Waals surface area contributed by atoms with Crippen LogP contribution in [-0.2, 0) is 33.7 Å². The van der Waals surface area contributed by atoms with Crippen molar-refractivity contribution in [3.05, 3.63) is 77.0 Å². The normalized spacial score (nSPS) is 18.3. The molecule has 6 heteroatoms. The lowest BCUT2D eigenvalue weighted by Crippen LogP contribution is -2.36. The molecule has 3 heterocycles. The van der Waals surface area contributed by atoms with Crippen LogP contribution in [0, 0.1) is 0 Å². The van der Waals surface area contributed by atoms with Gasteiger partial charge in [0.15, 0.2) is 5.78 Å². The summed E-state index contributed by atoms with van der Waals surface area (Å²) in [5.41, 5.74) is 5.47. The zero-order valence-electron chi connectivity index (χ0n) is 20.3. The zero-order valence-corrected chi connectivity index (χ0v) is 20.3. The van der Waals surface area contributed by atoms with Crippen LogP contribution in [0.4, 0.5) is 0 Å². The summed E-state index contributed by atoms with van der Waals surface area (Å²) in [4.78, 5) is 27.7. The van der Waals surface area contributed by atoms with Gasteiger partial charge in [-0.2, -0.15) is 0 Å². The minimum Gasteiger partial charge on any atom is -0.466 e. The summed E-state index contributed by atoms with van der Waals surface area (Å²) in [5.74, 6) is -0.195. The molecule has 1 N–H and O–H groups in total. The number of hydrogen-bond acceptors (Lipinski definition) is 5. The van der Waals surface area contributed by atoms with Crippen molar-refractivity contribution in [3.63, 3.8) is 0 Å². The number of rotatable bonds is 8. The maximum Gasteiger partial charge on any atom is 0.330 e. The Morgan fingerprint density at radius 2 is 1.89 bits per heavy atom. The van der Waals surface area contributed by atoms with Gasteiger partial charge in [0.2, 0.25) is 0 Å². The quantitative estimate of drug-likeness (QED) is 0.399. The fraction of sp³-hybridized carbons (Fsp3) is 0.379. The molecule has 1 unspecified atom stereocenters. The van der Waals surface area contributed by atoms with E-state index in [0.29, 0.717) is 6.42 Å². The lowest BCUT2D eigenvalue weighted by molar-refractivity contribution is -0.134. The Bertz CT molecular complexity index is 1240. The minimum absolute atomic E-state index is 0.186. The van der Waals surface area contributed by atoms with Gasteiger partial charge in [-0.1, -0.05) is 36.4 Å². The molecule has 1 aromatic heterocycles. The van der Waals surface area contributed by atoms with Crippen LogP contribution in [0.5, 0.6) is 0 Å². The Morgan fingerprint density at radius 3 is 2.66 bits per heavy atom. The number of ketones is 1. The van der Waals surface area contributed by atoms with E-state index in [0.717, 1.165) is 53.6 Å². The van der Waals surface area contributed by atoms with Gasteiger partial charge in [0, 0.05) is 60.7 Å². The number of benzene rings is 2. The average molecular weight is 472 g/mol. The van der Waals surface area contributed by atoms with E-state index >= 15 is 0 Å². The molecule has 0 aliphatic carbocycles. The van der Waals surface area contributed by atoms with Gasteiger partial charge in [0.05, 0.1) is 13.2 Å². The SMILES string of the molecule is COC(=O)/C=C/c1ccc2c(c1)c1c(n2CCN2CCCC2)CCNC1C(=O)Cc1ccccc1. The van der Waals surface area contributed by atoms with Gasteiger partial charge in [-0.15, -0.1) is 0 Å². The molecule has 1 fully saturated rings. The number of carbonyl (C=O) groups excluding carboxylic acids is 2. The Balaban J connectivity index is 1.54. The molecule has 182 valence electrons. The summed E-state index contributed by atoms with van der Waals surface area (Å²) in [6.45, 7) is 5.07. The van der Waals surface area contributed by atoms with Crippen molar-refractivity contribution in [2.45, 2.75) is 38.3 Å². The second-order valence-corrected chi connectivity index (χ2v) is 9.46. The first-order valence-corrected chi connectivity index (χ1v) is 12.6. The van der Waals surface area contributed by atoms with E-state index in [4.69, 9.17) is 4.74 Å². The van der Waals surface area contributed by atoms with Crippen molar-refractivity contribution in [1.29, 1.82) is 0 Å². The highest BCUT2D eigenvalue weighted by atomic mass is 16.5. The molecule has 0 bridgehead atoms. The van der Waals surface area contributed by atoms with Gasteiger partial charge in [-0.25, -0.2) is 4.79 Å². The molecule has 5 rings (SSSR count). The molecule has 2 aliphatic heterocycles. The molecular formula is C29H33N3O3. The van der Waals surface area contributed by atoms with E-state index in [-0.39, 0.29) is 17.8 Å². The highest BCUT2D eigenvalue weighted by molar-refractivity contribution is 5.97. The number of carbonyl (C=O) groups is 2. The molecule has 2 aliphatic rings. The number of nitrogens with zero attached hydrogens (tertiary/aromatic N) is 2. The maximum atomic E-state index is 13.5. The molecule has 0 spiro atoms. The fourth-order valence-electron chi connectivity index (χ4n) is 5.49. The number of hydrogen-bond donors (Lipinski definition) is 1. The highest BCUT2D eigenvalue weighted by Gasteiger charge is 2.31. The lowest BCUT2D eigenvalue weighted by Gasteiger charge is -2.26. The Morgan fingerprint density at radius 1 is 1.09 bits per heavy atom. The van der Waals surface area contributed by atoms with Crippen molar-refractivity contribution < 1.29 is 14.3 Å². The number of nitrogens with one attached hydrogen (secondary N) is 1. The summed E-state index contributed by atoms with van der Waals surface area (Å²) < 4.78 is 7.18. The van der Waals surface area contributed by atoms with Crippen molar-refractivity contribution in [2.24, 2.45) is 0 Å². The number of esters is 1. The molecule has 3 aromatic rings. The molecule has 6 nitrogen and oxygen atoms in total. The number of fused-ring (bicyclic) bond motifs is 3. The Hall–Kier alpha value is -3.22. The van der Waals surface area contributed by atoms with Crippen molar-refractivity contribution in [1.82, 2.24) is 14.8 Å². The topological polar surface area (TPSA) is 63.6 Å². The fourth-order valence-corrected chi connectivity index (χ4v) is 5.49. The summed E-state index contributed by atoms with van der Waals surface area (Å²) in [5, 5.41) is 4.60. The number of likely N-dealkylation sites (tertiary alicyclic amines) is 1. The first kappa shape index (κ1) is 23.5. The largest absolute Gasteiger partial charge is 0.466 e. The molecule has 1 atom stereocenters. The number of ether oxygens (including phenoxy) is 1. The standard InChI is InChI=1S/C29H33N3O3/c1-35-27(34)12-10-22-9-11-24-23(19-22)28-25(32(24)18-17-31-15-5-6-16-31)13-14-30-29(28)26(33)20-21-7-3-2-4-8-21/h2-4,7-12,19,29-30H,5-6,13-18,20H2,1H3/b12-10+. The summed E-state index contributed by atoms with van der Waals surface area (Å²) in [6, 6.07) is 15.9. The van der Waals surface area contributed by atoms with Crippen LogP contribution in [0.25, 0.3) is 17.0 Å². The van der Waals surface area contributed by atoms with E-state index in [1.165, 1.54) is 44.8 Å². The van der Waals surface area contributed by atoms with Gasteiger partial charge in [0.1, 0.15) is 0 Å². The predicted octanol–water partition coefficient (Wildman–Crippen LogP) is 3.92. The third kappa shape index (κ3) is 5.09. The Kier molecular flexibility index (Phi) is 7.11. The van der Waals surface area contributed by atoms with Crippen LogP contribution in [-0.4, -0.2) is 54.5 Å². The zero-order chi connectivity index (χ0) is 24.2. The first-order chi connectivity index (χ1) is 17.1. The van der Waals surface area contributed by atoms with Crippen LogP contribution in [0.15, 0.2) is 54.6 Å². The lowest BCUT2D eigenvalue weighted by atomic mass is 9.91. The maximum absolute atomic E-state index is 13.5. The van der Waals surface area contributed by atoms with Gasteiger partial charge in [-0.05, 0) is 55.3 Å². The third-order valence-electron chi connectivity index (χ3n) is 7.23. The van der Waals surface area contributed by atoms with Crippen LogP contribution < -0.4 is 5.32 Å². The molecule has 0 saturated carbocycles. The van der Waals surface area contributed by atoms with Crippen LogP contribution in [0.3, 0.4) is 0 Å². The Labute approximate surface area is 206 Å². The second-order valence-electron chi connectivity index (χ2n) is 9.46. The van der Waals surface area contributed by atoms with E-state index in [1.807, 2.05) is 36.4 Å². The van der Waals surface area contributed by atoms with Crippen LogP contribution >= 0.6 is 0 Å². The number of methoxy groups -OCH3 is 1. The average Bonchev–Trinajstić information content (AvgIpc) is 3.52. The summed E-state index contributed by atoms with van der Waals surface area (Å²) in [6.07, 6.45) is 7.07. The predicted molar refractivity (Wildman–Crippen MR) is 138 cm³/mol. The highest BCUT2D eigenvalue weighted by Crippen LogP contribution is 2.36. The second kappa shape index (κ2) is 10.6. The number of aromatic nitrogens is 1. The monoisotopic (exact) mass is 471 g/mol. The molecule has 1 saturated heterocycles. The van der Waals surface area contributed by atoms with Gasteiger partial charge in [0.25, 0.3) is 0 Å². The minimum atomic E-state index is -0.382. The van der Waals surface area contributed by atoms with E-state index < -0.39 is 0 Å². The van der Waals surface area contributed by atoms with E-state index in [2.05, 4.69) is 26.9 Å². The molecule has 0 amide bonds. The first-order valence-electron chi connectivity index (χ1n) is 12.6. The van der Waals surface area contributed by atoms with Crippen molar-refractivity contribution >= 4 is 28.7 Å².